The summed E-state index contributed by atoms with van der Waals surface area (Å²) in [5.41, 5.74) is -0.600. The maximum Gasteiger partial charge on any atom is 0.303 e. The van der Waals surface area contributed by atoms with Gasteiger partial charge < -0.3 is 9.47 Å². The van der Waals surface area contributed by atoms with Crippen molar-refractivity contribution < 1.29 is 22.7 Å². The number of esters is 1. The maximum absolute atomic E-state index is 12.8. The molecular formula is C21H30O5S. The molecule has 1 aromatic carbocycles. The summed E-state index contributed by atoms with van der Waals surface area (Å²) in [6.07, 6.45) is 2.52. The molecule has 0 spiro atoms. The maximum atomic E-state index is 12.8. The van der Waals surface area contributed by atoms with Crippen molar-refractivity contribution in [3.63, 3.8) is 0 Å². The van der Waals surface area contributed by atoms with E-state index in [0.29, 0.717) is 11.3 Å². The lowest BCUT2D eigenvalue weighted by molar-refractivity contribution is -0.246. The zero-order valence-corrected chi connectivity index (χ0v) is 17.4. The molecule has 5 nitrogen and oxygen atoms in total. The number of rotatable bonds is 4. The van der Waals surface area contributed by atoms with Gasteiger partial charge in [-0.25, -0.2) is 8.42 Å². The molecule has 1 aliphatic carbocycles. The Balaban J connectivity index is 1.83. The Morgan fingerprint density at radius 2 is 1.81 bits per heavy atom. The molecule has 1 saturated heterocycles. The van der Waals surface area contributed by atoms with E-state index >= 15 is 0 Å². The van der Waals surface area contributed by atoms with E-state index in [1.54, 1.807) is 30.3 Å². The minimum Gasteiger partial charge on any atom is -0.459 e. The van der Waals surface area contributed by atoms with Gasteiger partial charge in [-0.2, -0.15) is 0 Å². The zero-order valence-electron chi connectivity index (χ0n) is 16.6. The molecule has 4 atom stereocenters. The van der Waals surface area contributed by atoms with Crippen LogP contribution in [0.2, 0.25) is 0 Å². The van der Waals surface area contributed by atoms with Crippen molar-refractivity contribution in [2.45, 2.75) is 76.1 Å². The number of ether oxygens (including phenoxy) is 2. The van der Waals surface area contributed by atoms with E-state index in [0.717, 1.165) is 19.3 Å². The van der Waals surface area contributed by atoms with Crippen LogP contribution < -0.4 is 0 Å². The summed E-state index contributed by atoms with van der Waals surface area (Å²) < 4.78 is 37.6. The van der Waals surface area contributed by atoms with Gasteiger partial charge in [-0.3, -0.25) is 4.79 Å². The van der Waals surface area contributed by atoms with Gasteiger partial charge in [0.2, 0.25) is 0 Å². The molecule has 6 heteroatoms. The monoisotopic (exact) mass is 394 g/mol. The molecule has 27 heavy (non-hydrogen) atoms. The van der Waals surface area contributed by atoms with Crippen molar-refractivity contribution in [3.8, 4) is 0 Å². The first-order valence-electron chi connectivity index (χ1n) is 9.67. The van der Waals surface area contributed by atoms with Gasteiger partial charge in [0.25, 0.3) is 0 Å². The number of hydrogen-bond donors (Lipinski definition) is 0. The van der Waals surface area contributed by atoms with Gasteiger partial charge in [0, 0.05) is 6.92 Å². The average molecular weight is 395 g/mol. The SMILES string of the molecule is CC(=O)O[C@@H]1CCC(C)(C)[C@H]2CC[C@@H](CS(=O)(=O)c3ccccc3)O[C@]21C. The third-order valence-corrected chi connectivity index (χ3v) is 8.14. The molecule has 0 aromatic heterocycles. The lowest BCUT2D eigenvalue weighted by atomic mass is 9.58. The third-order valence-electron chi connectivity index (χ3n) is 6.34. The van der Waals surface area contributed by atoms with Crippen LogP contribution in [-0.2, 0) is 24.1 Å². The quantitative estimate of drug-likeness (QED) is 0.727. The molecule has 1 aromatic rings. The fraction of sp³-hybridized carbons (Fsp3) is 0.667. The lowest BCUT2D eigenvalue weighted by Gasteiger charge is -2.57. The van der Waals surface area contributed by atoms with E-state index in [1.165, 1.54) is 6.92 Å². The van der Waals surface area contributed by atoms with E-state index in [1.807, 2.05) is 6.92 Å². The first kappa shape index (κ1) is 20.3. The van der Waals surface area contributed by atoms with Gasteiger partial charge >= 0.3 is 5.97 Å². The third kappa shape index (κ3) is 4.06. The Labute approximate surface area is 162 Å². The van der Waals surface area contributed by atoms with Gasteiger partial charge in [0.1, 0.15) is 11.7 Å². The first-order chi connectivity index (χ1) is 12.5. The van der Waals surface area contributed by atoms with E-state index in [-0.39, 0.29) is 29.2 Å². The van der Waals surface area contributed by atoms with E-state index in [2.05, 4.69) is 13.8 Å². The number of carbonyl (C=O) groups excluding carboxylic acids is 1. The topological polar surface area (TPSA) is 69.7 Å². The van der Waals surface area contributed by atoms with Crippen molar-refractivity contribution in [1.82, 2.24) is 0 Å². The normalized spacial score (nSPS) is 33.1. The second-order valence-corrected chi connectivity index (χ2v) is 10.8. The van der Waals surface area contributed by atoms with Crippen molar-refractivity contribution in [3.05, 3.63) is 30.3 Å². The summed E-state index contributed by atoms with van der Waals surface area (Å²) in [7, 11) is -3.43. The molecule has 3 rings (SSSR count). The number of sulfone groups is 1. The van der Waals surface area contributed by atoms with Gasteiger partial charge in [0.15, 0.2) is 9.84 Å². The van der Waals surface area contributed by atoms with Gasteiger partial charge in [0.05, 0.1) is 16.8 Å². The van der Waals surface area contributed by atoms with Crippen LogP contribution in [0.3, 0.4) is 0 Å². The summed E-state index contributed by atoms with van der Waals surface area (Å²) in [5.74, 6) is -0.145. The number of hydrogen-bond acceptors (Lipinski definition) is 5. The van der Waals surface area contributed by atoms with Gasteiger partial charge in [-0.05, 0) is 56.1 Å². The minimum absolute atomic E-state index is 0.0491. The summed E-state index contributed by atoms with van der Waals surface area (Å²) >= 11 is 0. The molecule has 0 radical (unpaired) electrons. The Kier molecular flexibility index (Phi) is 5.43. The number of fused-ring (bicyclic) bond motifs is 1. The van der Waals surface area contributed by atoms with Crippen LogP contribution in [0.5, 0.6) is 0 Å². The van der Waals surface area contributed by atoms with Gasteiger partial charge in [-0.15, -0.1) is 0 Å². The standard InChI is InChI=1S/C21H30O5S/c1-15(22)25-19-12-13-20(2,3)18-11-10-16(26-21(18,19)4)14-27(23,24)17-8-6-5-7-9-17/h5-9,16,18-19H,10-14H2,1-4H3/t16-,18+,19+,21+/m0/s1. The molecule has 1 heterocycles. The zero-order chi connectivity index (χ0) is 19.9. The van der Waals surface area contributed by atoms with Crippen LogP contribution in [-0.4, -0.2) is 37.9 Å². The van der Waals surface area contributed by atoms with Crippen molar-refractivity contribution in [2.24, 2.45) is 11.3 Å². The molecule has 150 valence electrons. The van der Waals surface area contributed by atoms with Crippen molar-refractivity contribution in [2.75, 3.05) is 5.75 Å². The number of benzene rings is 1. The second kappa shape index (κ2) is 7.21. The van der Waals surface area contributed by atoms with E-state index in [4.69, 9.17) is 9.47 Å². The molecule has 0 bridgehead atoms. The highest BCUT2D eigenvalue weighted by atomic mass is 32.2. The Morgan fingerprint density at radius 1 is 1.15 bits per heavy atom. The molecular weight excluding hydrogens is 364 g/mol. The highest BCUT2D eigenvalue weighted by Gasteiger charge is 2.57. The molecule has 2 aliphatic rings. The molecule has 1 saturated carbocycles. The molecule has 0 unspecified atom stereocenters. The van der Waals surface area contributed by atoms with Crippen LogP contribution in [0, 0.1) is 11.3 Å². The van der Waals surface area contributed by atoms with Crippen LogP contribution in [0.1, 0.15) is 53.4 Å². The summed E-state index contributed by atoms with van der Waals surface area (Å²) in [6.45, 7) is 7.86. The van der Waals surface area contributed by atoms with Crippen molar-refractivity contribution in [1.29, 1.82) is 0 Å². The Bertz CT molecular complexity index is 786. The van der Waals surface area contributed by atoms with Crippen LogP contribution in [0.4, 0.5) is 0 Å². The van der Waals surface area contributed by atoms with E-state index < -0.39 is 21.5 Å². The second-order valence-electron chi connectivity index (χ2n) is 8.77. The summed E-state index contributed by atoms with van der Waals surface area (Å²) in [5, 5.41) is 0. The molecule has 2 fully saturated rings. The summed E-state index contributed by atoms with van der Waals surface area (Å²) in [4.78, 5) is 11.9. The predicted octanol–water partition coefficient (Wildman–Crippen LogP) is 3.77. The summed E-state index contributed by atoms with van der Waals surface area (Å²) in [6, 6.07) is 8.50. The molecule has 0 amide bonds. The lowest BCUT2D eigenvalue weighted by Crippen LogP contribution is -2.62. The average Bonchev–Trinajstić information content (AvgIpc) is 2.57. The van der Waals surface area contributed by atoms with Crippen LogP contribution >= 0.6 is 0 Å². The Hall–Kier alpha value is -1.40. The highest BCUT2D eigenvalue weighted by Crippen LogP contribution is 2.54. The predicted molar refractivity (Wildman–Crippen MR) is 103 cm³/mol. The fourth-order valence-corrected chi connectivity index (χ4v) is 6.52. The minimum atomic E-state index is -3.43. The van der Waals surface area contributed by atoms with E-state index in [9.17, 15) is 13.2 Å². The molecule has 0 N–H and O–H groups in total. The van der Waals surface area contributed by atoms with Crippen LogP contribution in [0.15, 0.2) is 35.2 Å². The highest BCUT2D eigenvalue weighted by molar-refractivity contribution is 7.91. The largest absolute Gasteiger partial charge is 0.459 e. The molecule has 1 aliphatic heterocycles. The van der Waals surface area contributed by atoms with Crippen molar-refractivity contribution >= 4 is 15.8 Å². The van der Waals surface area contributed by atoms with Crippen LogP contribution in [0.25, 0.3) is 0 Å². The Morgan fingerprint density at radius 3 is 2.44 bits per heavy atom. The van der Waals surface area contributed by atoms with Gasteiger partial charge in [-0.1, -0.05) is 32.0 Å². The number of carbonyl (C=O) groups is 1. The first-order valence-corrected chi connectivity index (χ1v) is 11.3. The smallest absolute Gasteiger partial charge is 0.303 e. The fourth-order valence-electron chi connectivity index (χ4n) is 5.03.